The van der Waals surface area contributed by atoms with Gasteiger partial charge in [-0.1, -0.05) is 12.1 Å². The lowest BCUT2D eigenvalue weighted by molar-refractivity contribution is 0.501. The van der Waals surface area contributed by atoms with Gasteiger partial charge in [-0.3, -0.25) is 5.10 Å². The Morgan fingerprint density at radius 1 is 1.23 bits per heavy atom. The molecule has 6 heteroatoms. The zero-order valence-corrected chi connectivity index (χ0v) is 6.47. The summed E-state index contributed by atoms with van der Waals surface area (Å²) in [4.78, 5) is 0. The molecule has 13 heavy (non-hydrogen) atoms. The van der Waals surface area contributed by atoms with Crippen molar-refractivity contribution >= 4 is 23.3 Å². The highest BCUT2D eigenvalue weighted by atomic mass is 19.4. The van der Waals surface area contributed by atoms with E-state index in [2.05, 4.69) is 10.2 Å². The Morgan fingerprint density at radius 3 is 2.69 bits per heavy atom. The minimum absolute atomic E-state index is 0.483. The molecule has 1 aromatic carbocycles. The van der Waals surface area contributed by atoms with Crippen molar-refractivity contribution in [2.45, 2.75) is 0 Å². The number of nitrogens with zero attached hydrogens (tertiary/aromatic N) is 1. The fourth-order valence-electron chi connectivity index (χ4n) is 1.16. The maximum Gasteiger partial charge on any atom is 0.509 e. The van der Waals surface area contributed by atoms with Gasteiger partial charge >= 0.3 is 6.98 Å². The van der Waals surface area contributed by atoms with Crippen molar-refractivity contribution in [1.82, 2.24) is 10.2 Å². The number of H-pyrrole nitrogens is 1. The number of halogens is 3. The third-order valence-electron chi connectivity index (χ3n) is 1.84. The van der Waals surface area contributed by atoms with E-state index in [1.807, 2.05) is 0 Å². The van der Waals surface area contributed by atoms with Crippen molar-refractivity contribution in [2.75, 3.05) is 0 Å². The molecule has 1 heterocycles. The van der Waals surface area contributed by atoms with E-state index in [0.717, 1.165) is 12.1 Å². The molecule has 0 amide bonds. The van der Waals surface area contributed by atoms with E-state index in [0.29, 0.717) is 10.9 Å². The molecule has 0 bridgehead atoms. The average Bonchev–Trinajstić information content (AvgIpc) is 2.47. The minimum atomic E-state index is -4.91. The van der Waals surface area contributed by atoms with E-state index < -0.39 is 12.4 Å². The summed E-state index contributed by atoms with van der Waals surface area (Å²) in [6, 6.07) is 3.53. The summed E-state index contributed by atoms with van der Waals surface area (Å²) in [7, 11) is 0. The van der Waals surface area contributed by atoms with Crippen LogP contribution in [0.1, 0.15) is 0 Å². The second-order valence-electron chi connectivity index (χ2n) is 2.79. The Morgan fingerprint density at radius 2 is 2.00 bits per heavy atom. The number of benzene rings is 1. The molecule has 0 fully saturated rings. The molecule has 0 aliphatic carbocycles. The number of aromatic nitrogens is 2. The van der Waals surface area contributed by atoms with Crippen LogP contribution in [-0.2, 0) is 0 Å². The summed E-state index contributed by atoms with van der Waals surface area (Å²) < 4.78 is 36.8. The van der Waals surface area contributed by atoms with Crippen LogP contribution in [0.25, 0.3) is 10.9 Å². The molecule has 0 radical (unpaired) electrons. The van der Waals surface area contributed by atoms with Gasteiger partial charge < -0.3 is 12.9 Å². The second-order valence-corrected chi connectivity index (χ2v) is 2.79. The van der Waals surface area contributed by atoms with Crippen LogP contribution in [0.4, 0.5) is 12.9 Å². The predicted molar refractivity (Wildman–Crippen MR) is 44.8 cm³/mol. The molecule has 0 saturated carbocycles. The third kappa shape index (κ3) is 1.39. The summed E-state index contributed by atoms with van der Waals surface area (Å²) >= 11 is 0. The van der Waals surface area contributed by atoms with E-state index >= 15 is 0 Å². The Bertz CT molecular complexity index is 434. The zero-order valence-electron chi connectivity index (χ0n) is 6.47. The first-order valence-electron chi connectivity index (χ1n) is 3.70. The lowest BCUT2D eigenvalue weighted by Gasteiger charge is -2.13. The predicted octanol–water partition coefficient (Wildman–Crippen LogP) is 1.62. The molecule has 1 aromatic heterocycles. The van der Waals surface area contributed by atoms with Crippen molar-refractivity contribution < 1.29 is 12.9 Å². The lowest BCUT2D eigenvalue weighted by atomic mass is 9.80. The van der Waals surface area contributed by atoms with Gasteiger partial charge in [0, 0.05) is 5.39 Å². The first-order valence-corrected chi connectivity index (χ1v) is 3.70. The number of hydrogen-bond donors (Lipinski definition) is 1. The largest absolute Gasteiger partial charge is 0.509 e. The molecule has 2 aromatic rings. The van der Waals surface area contributed by atoms with Gasteiger partial charge in [-0.15, -0.1) is 5.46 Å². The molecule has 2 nitrogen and oxygen atoms in total. The Balaban J connectivity index is 2.61. The van der Waals surface area contributed by atoms with Gasteiger partial charge in [0.15, 0.2) is 0 Å². The van der Waals surface area contributed by atoms with Crippen molar-refractivity contribution in [3.8, 4) is 0 Å². The van der Waals surface area contributed by atoms with Crippen molar-refractivity contribution in [3.05, 3.63) is 24.4 Å². The fraction of sp³-hybridized carbons (Fsp3) is 0. The molecule has 1 N–H and O–H groups in total. The second kappa shape index (κ2) is 2.51. The quantitative estimate of drug-likeness (QED) is 0.671. The van der Waals surface area contributed by atoms with Crippen LogP contribution in [0.15, 0.2) is 24.4 Å². The van der Waals surface area contributed by atoms with Gasteiger partial charge in [0.2, 0.25) is 0 Å². The number of aromatic amines is 1. The maximum absolute atomic E-state index is 12.3. The summed E-state index contributed by atoms with van der Waals surface area (Å²) in [6.45, 7) is -4.91. The maximum atomic E-state index is 12.3. The lowest BCUT2D eigenvalue weighted by Crippen LogP contribution is -2.33. The molecule has 0 spiro atoms. The highest BCUT2D eigenvalue weighted by Crippen LogP contribution is 2.13. The first kappa shape index (κ1) is 8.16. The molecule has 0 saturated heterocycles. The van der Waals surface area contributed by atoms with E-state index in [4.69, 9.17) is 0 Å². The highest BCUT2D eigenvalue weighted by molar-refractivity contribution is 6.73. The van der Waals surface area contributed by atoms with Gasteiger partial charge in [-0.05, 0) is 6.07 Å². The van der Waals surface area contributed by atoms with Gasteiger partial charge in [0.1, 0.15) is 0 Å². The first-order chi connectivity index (χ1) is 6.07. The summed E-state index contributed by atoms with van der Waals surface area (Å²) in [5, 5.41) is 6.71. The van der Waals surface area contributed by atoms with Crippen LogP contribution in [0.2, 0.25) is 0 Å². The summed E-state index contributed by atoms with van der Waals surface area (Å²) in [6.07, 6.45) is 1.38. The van der Waals surface area contributed by atoms with Gasteiger partial charge in [-0.2, -0.15) is 5.10 Å². The molecule has 68 valence electrons. The minimum Gasteiger partial charge on any atom is -0.445 e. The van der Waals surface area contributed by atoms with Gasteiger partial charge in [0.25, 0.3) is 0 Å². The Kier molecular flexibility index (Phi) is 1.58. The number of hydrogen-bond acceptors (Lipinski definition) is 1. The van der Waals surface area contributed by atoms with Crippen LogP contribution in [0.3, 0.4) is 0 Å². The fourth-order valence-corrected chi connectivity index (χ4v) is 1.16. The van der Waals surface area contributed by atoms with E-state index in [1.165, 1.54) is 12.3 Å². The van der Waals surface area contributed by atoms with Crippen molar-refractivity contribution in [2.24, 2.45) is 0 Å². The standard InChI is InChI=1S/C7H5BF3N2/c9-8(10,11)6-1-2-7-5(3-6)4-12-13-7/h1-4H,(H,12,13)/q-1. The zero-order chi connectivity index (χ0) is 9.47. The topological polar surface area (TPSA) is 28.7 Å². The normalized spacial score (nSPS) is 12.2. The molecule has 2 rings (SSSR count). The smallest absolute Gasteiger partial charge is 0.445 e. The highest BCUT2D eigenvalue weighted by Gasteiger charge is 2.25. The molecule has 0 unspecified atom stereocenters. The monoisotopic (exact) mass is 185 g/mol. The van der Waals surface area contributed by atoms with E-state index in [-0.39, 0.29) is 0 Å². The Labute approximate surface area is 71.8 Å². The molecule has 0 aliphatic rings. The average molecular weight is 185 g/mol. The number of fused-ring (bicyclic) bond motifs is 1. The molecular formula is C7H5BF3N2-. The van der Waals surface area contributed by atoms with Crippen molar-refractivity contribution in [1.29, 1.82) is 0 Å². The molecular weight excluding hydrogens is 180 g/mol. The van der Waals surface area contributed by atoms with Crippen LogP contribution >= 0.6 is 0 Å². The molecule has 0 atom stereocenters. The van der Waals surface area contributed by atoms with E-state index in [9.17, 15) is 12.9 Å². The van der Waals surface area contributed by atoms with Crippen LogP contribution in [-0.4, -0.2) is 17.2 Å². The van der Waals surface area contributed by atoms with E-state index in [1.54, 1.807) is 0 Å². The van der Waals surface area contributed by atoms with Gasteiger partial charge in [0.05, 0.1) is 11.7 Å². The van der Waals surface area contributed by atoms with Gasteiger partial charge in [-0.25, -0.2) is 0 Å². The van der Waals surface area contributed by atoms with Crippen molar-refractivity contribution in [3.63, 3.8) is 0 Å². The third-order valence-corrected chi connectivity index (χ3v) is 1.84. The van der Waals surface area contributed by atoms with Crippen LogP contribution < -0.4 is 5.46 Å². The number of nitrogens with one attached hydrogen (secondary N) is 1. The van der Waals surface area contributed by atoms with Crippen LogP contribution in [0.5, 0.6) is 0 Å². The number of rotatable bonds is 1. The Hall–Kier alpha value is -1.46. The summed E-state index contributed by atoms with van der Waals surface area (Å²) in [5.74, 6) is 0. The van der Waals surface area contributed by atoms with Crippen LogP contribution in [0, 0.1) is 0 Å². The SMILES string of the molecule is F[B-](F)(F)c1ccc2[nH]ncc2c1. The molecule has 0 aliphatic heterocycles. The summed E-state index contributed by atoms with van der Waals surface area (Å²) in [5.41, 5.74) is 0.0256.